The van der Waals surface area contributed by atoms with E-state index in [1.807, 2.05) is 0 Å². The molecule has 0 aliphatic carbocycles. The number of hydrogen-bond acceptors (Lipinski definition) is 4. The van der Waals surface area contributed by atoms with Gasteiger partial charge in [-0.2, -0.15) is 18.3 Å². The van der Waals surface area contributed by atoms with E-state index in [0.29, 0.717) is 4.88 Å². The number of rotatable bonds is 1. The Morgan fingerprint density at radius 3 is 2.67 bits per heavy atom. The molecule has 0 aliphatic rings. The van der Waals surface area contributed by atoms with Gasteiger partial charge in [-0.05, 0) is 17.5 Å². The molecule has 3 rings (SSSR count). The van der Waals surface area contributed by atoms with Crippen molar-refractivity contribution >= 4 is 28.2 Å². The quantitative estimate of drug-likeness (QED) is 0.681. The summed E-state index contributed by atoms with van der Waals surface area (Å²) >= 11 is 1.28. The lowest BCUT2D eigenvalue weighted by molar-refractivity contribution is -0.136. The van der Waals surface area contributed by atoms with E-state index < -0.39 is 17.6 Å². The van der Waals surface area contributed by atoms with Crippen LogP contribution in [0.3, 0.4) is 0 Å². The monoisotopic (exact) mass is 331 g/mol. The second-order valence-corrected chi connectivity index (χ2v) is 4.85. The number of aromatic nitrogens is 3. The van der Waals surface area contributed by atoms with Crippen LogP contribution in [-0.2, 0) is 6.18 Å². The van der Waals surface area contributed by atoms with Crippen molar-refractivity contribution in [2.45, 2.75) is 6.18 Å². The molecule has 0 spiro atoms. The highest BCUT2D eigenvalue weighted by Crippen LogP contribution is 2.40. The average Bonchev–Trinajstić information content (AvgIpc) is 3.05. The molecule has 3 aromatic rings. The zero-order chi connectivity index (χ0) is 14.3. The molecule has 0 aromatic carbocycles. The van der Waals surface area contributed by atoms with Crippen molar-refractivity contribution in [3.05, 3.63) is 34.1 Å². The normalized spacial score (nSPS) is 11.1. The van der Waals surface area contributed by atoms with Gasteiger partial charge in [-0.15, -0.1) is 11.3 Å². The number of pyridine rings is 1. The lowest BCUT2D eigenvalue weighted by atomic mass is 10.1. The van der Waals surface area contributed by atoms with Crippen LogP contribution in [0.4, 0.5) is 19.0 Å². The van der Waals surface area contributed by atoms with Gasteiger partial charge in [0.15, 0.2) is 11.0 Å². The molecule has 0 atom stereocenters. The minimum atomic E-state index is -4.60. The first-order valence-corrected chi connectivity index (χ1v) is 6.24. The molecule has 0 saturated carbocycles. The number of nitrogens with zero attached hydrogens (tertiary/aromatic N) is 4. The van der Waals surface area contributed by atoms with Gasteiger partial charge in [0.1, 0.15) is 0 Å². The van der Waals surface area contributed by atoms with Crippen LogP contribution in [0.25, 0.3) is 26.6 Å². The first-order valence-electron chi connectivity index (χ1n) is 5.36. The summed E-state index contributed by atoms with van der Waals surface area (Å²) in [5.74, 6) is -0.433. The van der Waals surface area contributed by atoms with Crippen LogP contribution >= 0.6 is 11.3 Å². The Balaban J connectivity index is 0.00000161. The van der Waals surface area contributed by atoms with E-state index in [9.17, 15) is 13.2 Å². The number of alkyl halides is 3. The van der Waals surface area contributed by atoms with E-state index in [0.717, 1.165) is 6.07 Å². The van der Waals surface area contributed by atoms with Gasteiger partial charge in [0, 0.05) is 4.98 Å². The van der Waals surface area contributed by atoms with Crippen LogP contribution in [0, 0.1) is 5.39 Å². The maximum Gasteiger partial charge on any atom is 0.497 e. The number of halogens is 4. The summed E-state index contributed by atoms with van der Waals surface area (Å²) in [6, 6.07) is 4.33. The van der Waals surface area contributed by atoms with Crippen LogP contribution in [0.1, 0.15) is 5.56 Å². The van der Waals surface area contributed by atoms with Crippen molar-refractivity contribution in [1.82, 2.24) is 15.2 Å². The smallest absolute Gasteiger partial charge is 0.497 e. The van der Waals surface area contributed by atoms with Crippen molar-refractivity contribution < 1.29 is 25.6 Å². The lowest BCUT2D eigenvalue weighted by Crippen LogP contribution is -3.00. The summed E-state index contributed by atoms with van der Waals surface area (Å²) in [6.07, 6.45) is -4.60. The Kier molecular flexibility index (Phi) is 3.85. The number of nitrogens with one attached hydrogen (secondary N) is 1. The van der Waals surface area contributed by atoms with Crippen LogP contribution in [0.2, 0.25) is 0 Å². The van der Waals surface area contributed by atoms with Gasteiger partial charge in [0.05, 0.1) is 26.6 Å². The minimum Gasteiger partial charge on any atom is -1.00 e. The molecule has 0 saturated heterocycles. The predicted octanol–water partition coefficient (Wildman–Crippen LogP) is 1.19. The fraction of sp³-hybridized carbons (Fsp3) is 0.0909. The Bertz CT molecular complexity index is 819. The third kappa shape index (κ3) is 2.55. The fourth-order valence-corrected chi connectivity index (χ4v) is 2.55. The van der Waals surface area contributed by atoms with E-state index in [4.69, 9.17) is 5.39 Å². The topological polar surface area (TPSA) is 69.7 Å². The maximum absolute atomic E-state index is 13.1. The summed E-state index contributed by atoms with van der Waals surface area (Å²) in [5.41, 5.74) is -0.823. The van der Waals surface area contributed by atoms with E-state index >= 15 is 0 Å². The lowest BCUT2D eigenvalue weighted by Gasteiger charge is -2.07. The van der Waals surface area contributed by atoms with Gasteiger partial charge in [-0.25, -0.2) is 4.98 Å². The molecule has 3 heterocycles. The molecular weight excluding hydrogens is 327 g/mol. The van der Waals surface area contributed by atoms with Gasteiger partial charge in [-0.1, -0.05) is 6.07 Å². The number of fused-ring (bicyclic) bond motifs is 1. The maximum atomic E-state index is 13.1. The molecule has 0 aliphatic heterocycles. The van der Waals surface area contributed by atoms with E-state index in [2.05, 4.69) is 20.2 Å². The second kappa shape index (κ2) is 5.31. The molecule has 3 aromatic heterocycles. The highest BCUT2D eigenvalue weighted by atomic mass is 35.5. The van der Waals surface area contributed by atoms with Crippen molar-refractivity contribution in [2.24, 2.45) is 0 Å². The molecule has 1 N–H and O–H groups in total. The van der Waals surface area contributed by atoms with Crippen molar-refractivity contribution in [1.29, 1.82) is 5.39 Å². The van der Waals surface area contributed by atoms with Crippen molar-refractivity contribution in [2.75, 3.05) is 0 Å². The summed E-state index contributed by atoms with van der Waals surface area (Å²) < 4.78 is 39.4. The predicted molar refractivity (Wildman–Crippen MR) is 66.9 cm³/mol. The fourth-order valence-electron chi connectivity index (χ4n) is 1.86. The third-order valence-electron chi connectivity index (χ3n) is 2.68. The van der Waals surface area contributed by atoms with Crippen LogP contribution in [0.5, 0.6) is 0 Å². The first-order chi connectivity index (χ1) is 9.50. The number of aromatic amines is 1. The zero-order valence-electron chi connectivity index (χ0n) is 10.0. The van der Waals surface area contributed by atoms with Gasteiger partial charge >= 0.3 is 12.0 Å². The number of diazo groups is 1. The summed E-state index contributed by atoms with van der Waals surface area (Å²) in [7, 11) is 0. The summed E-state index contributed by atoms with van der Waals surface area (Å²) in [4.78, 5) is 7.43. The first kappa shape index (κ1) is 15.2. The second-order valence-electron chi connectivity index (χ2n) is 3.90. The molecule has 21 heavy (non-hydrogen) atoms. The molecule has 0 fully saturated rings. The zero-order valence-corrected chi connectivity index (χ0v) is 11.6. The Labute approximate surface area is 125 Å². The van der Waals surface area contributed by atoms with Gasteiger partial charge in [-0.3, -0.25) is 0 Å². The van der Waals surface area contributed by atoms with Gasteiger partial charge in [0.2, 0.25) is 0 Å². The van der Waals surface area contributed by atoms with Crippen LogP contribution in [0.15, 0.2) is 23.6 Å². The Morgan fingerprint density at radius 2 is 2.10 bits per heavy atom. The van der Waals surface area contributed by atoms with Gasteiger partial charge in [0.25, 0.3) is 0 Å². The van der Waals surface area contributed by atoms with Gasteiger partial charge < -0.3 is 12.4 Å². The van der Waals surface area contributed by atoms with E-state index in [1.165, 1.54) is 11.3 Å². The molecule has 108 valence electrons. The van der Waals surface area contributed by atoms with Crippen molar-refractivity contribution in [3.63, 3.8) is 0 Å². The van der Waals surface area contributed by atoms with Crippen LogP contribution < -0.4 is 12.4 Å². The molecule has 0 amide bonds. The molecule has 0 radical (unpaired) electrons. The largest absolute Gasteiger partial charge is 1.00 e. The highest BCUT2D eigenvalue weighted by Gasteiger charge is 2.38. The van der Waals surface area contributed by atoms with Crippen molar-refractivity contribution in [3.8, 4) is 10.6 Å². The van der Waals surface area contributed by atoms with E-state index in [-0.39, 0.29) is 29.1 Å². The molecular formula is C11H5ClF3N5S. The number of H-pyrrole nitrogens is 1. The standard InChI is InChI=1S/C11H5F3N5S.ClH/c12-11(13,14)5-4-6(7-2-1-3-20-7)16-9-8(5)10(17-15)19-18-9;/h1-4H,(H,16,18,19);1H/q+1;/p-1. The minimum absolute atomic E-state index is 0. The summed E-state index contributed by atoms with van der Waals surface area (Å²) in [5, 5.41) is 16.0. The Hall–Kier alpha value is -2.18. The molecule has 5 nitrogen and oxygen atoms in total. The number of hydrogen-bond donors (Lipinski definition) is 1. The molecule has 0 unspecified atom stereocenters. The van der Waals surface area contributed by atoms with Crippen LogP contribution in [-0.4, -0.2) is 15.2 Å². The highest BCUT2D eigenvalue weighted by molar-refractivity contribution is 7.13. The summed E-state index contributed by atoms with van der Waals surface area (Å²) in [6.45, 7) is 0. The third-order valence-corrected chi connectivity index (χ3v) is 3.58. The average molecular weight is 332 g/mol. The Morgan fingerprint density at radius 1 is 1.33 bits per heavy atom. The number of thiophene rings is 1. The SMILES string of the molecule is N#[N+]c1n[nH]c2nc(-c3cccs3)cc(C(F)(F)F)c12.[Cl-]. The van der Waals surface area contributed by atoms with E-state index in [1.54, 1.807) is 17.5 Å². The molecule has 0 bridgehead atoms. The molecule has 10 heteroatoms.